The number of aliphatic hydroxyl groups excluding tert-OH is 1. The summed E-state index contributed by atoms with van der Waals surface area (Å²) in [7, 11) is 0. The molecule has 2 aromatic heterocycles. The Balaban J connectivity index is 2.11. The van der Waals surface area contributed by atoms with Crippen molar-refractivity contribution in [3.05, 3.63) is 16.3 Å². The number of aliphatic hydroxyl groups is 1. The number of thiophene rings is 1. The number of fused-ring (bicyclic) bond motifs is 3. The molecule has 0 bridgehead atoms. The first-order chi connectivity index (χ1) is 9.22. The van der Waals surface area contributed by atoms with Crippen molar-refractivity contribution in [1.29, 1.82) is 0 Å². The van der Waals surface area contributed by atoms with Gasteiger partial charge in [0.05, 0.1) is 18.0 Å². The second kappa shape index (κ2) is 5.06. The molecule has 2 aromatic rings. The van der Waals surface area contributed by atoms with Crippen molar-refractivity contribution in [1.82, 2.24) is 9.97 Å². The molecule has 0 spiro atoms. The number of hydrogen-bond donors (Lipinski definition) is 2. The van der Waals surface area contributed by atoms with E-state index in [9.17, 15) is 5.11 Å². The van der Waals surface area contributed by atoms with Crippen LogP contribution >= 0.6 is 11.3 Å². The molecule has 2 heterocycles. The molecule has 0 unspecified atom stereocenters. The first kappa shape index (κ1) is 12.8. The van der Waals surface area contributed by atoms with Crippen molar-refractivity contribution in [3.8, 4) is 0 Å². The van der Waals surface area contributed by atoms with E-state index in [1.807, 2.05) is 6.92 Å². The van der Waals surface area contributed by atoms with E-state index in [1.54, 1.807) is 11.3 Å². The van der Waals surface area contributed by atoms with Gasteiger partial charge in [0.2, 0.25) is 0 Å². The molecule has 0 amide bonds. The molecule has 0 saturated carbocycles. The third-order valence-electron chi connectivity index (χ3n) is 3.73. The average molecular weight is 277 g/mol. The second-order valence-corrected chi connectivity index (χ2v) is 6.17. The third-order valence-corrected chi connectivity index (χ3v) is 4.92. The summed E-state index contributed by atoms with van der Waals surface area (Å²) in [6.45, 7) is 4.12. The van der Waals surface area contributed by atoms with E-state index < -0.39 is 0 Å². The van der Waals surface area contributed by atoms with Gasteiger partial charge in [0.25, 0.3) is 0 Å². The highest BCUT2D eigenvalue weighted by atomic mass is 32.1. The van der Waals surface area contributed by atoms with Crippen LogP contribution in [0.3, 0.4) is 0 Å². The van der Waals surface area contributed by atoms with Crippen LogP contribution < -0.4 is 5.32 Å². The fraction of sp³-hybridized carbons (Fsp3) is 0.571. The highest BCUT2D eigenvalue weighted by Gasteiger charge is 2.22. The van der Waals surface area contributed by atoms with Gasteiger partial charge in [-0.25, -0.2) is 9.97 Å². The zero-order chi connectivity index (χ0) is 13.4. The first-order valence-electron chi connectivity index (χ1n) is 6.89. The monoisotopic (exact) mass is 277 g/mol. The zero-order valence-corrected chi connectivity index (χ0v) is 12.2. The third kappa shape index (κ3) is 2.21. The minimum Gasteiger partial charge on any atom is -0.394 e. The molecule has 1 aliphatic rings. The topological polar surface area (TPSA) is 58.0 Å². The minimum atomic E-state index is 0.0643. The lowest BCUT2D eigenvalue weighted by molar-refractivity contribution is 0.271. The van der Waals surface area contributed by atoms with Crippen molar-refractivity contribution in [2.75, 3.05) is 11.9 Å². The zero-order valence-electron chi connectivity index (χ0n) is 11.4. The molecule has 1 atom stereocenters. The Bertz CT molecular complexity index is 604. The van der Waals surface area contributed by atoms with Gasteiger partial charge in [-0.3, -0.25) is 0 Å². The Morgan fingerprint density at radius 3 is 2.95 bits per heavy atom. The SMILES string of the molecule is CC[C@@H](CO)Nc1nc(C)nc2sc3c(c12)CCC3. The van der Waals surface area contributed by atoms with E-state index in [0.29, 0.717) is 0 Å². The van der Waals surface area contributed by atoms with Crippen molar-refractivity contribution in [2.24, 2.45) is 0 Å². The van der Waals surface area contributed by atoms with E-state index in [1.165, 1.54) is 28.7 Å². The summed E-state index contributed by atoms with van der Waals surface area (Å²) in [6, 6.07) is 0.0643. The molecule has 0 aliphatic heterocycles. The maximum absolute atomic E-state index is 9.37. The molecular formula is C14H19N3OS. The maximum Gasteiger partial charge on any atom is 0.139 e. The van der Waals surface area contributed by atoms with Gasteiger partial charge in [0.1, 0.15) is 16.5 Å². The standard InChI is InChI=1S/C14H19N3OS/c1-3-9(7-18)17-13-12-10-5-4-6-11(10)19-14(12)16-8(2)15-13/h9,18H,3-7H2,1-2H3,(H,15,16,17)/t9-/m0/s1. The molecule has 0 fully saturated rings. The van der Waals surface area contributed by atoms with Crippen LogP contribution in [-0.2, 0) is 12.8 Å². The lowest BCUT2D eigenvalue weighted by atomic mass is 10.1. The van der Waals surface area contributed by atoms with Gasteiger partial charge in [0, 0.05) is 4.88 Å². The van der Waals surface area contributed by atoms with E-state index in [0.717, 1.165) is 29.3 Å². The molecule has 19 heavy (non-hydrogen) atoms. The maximum atomic E-state index is 9.37. The molecule has 102 valence electrons. The molecule has 4 nitrogen and oxygen atoms in total. The van der Waals surface area contributed by atoms with E-state index >= 15 is 0 Å². The fourth-order valence-electron chi connectivity index (χ4n) is 2.68. The molecule has 0 radical (unpaired) electrons. The minimum absolute atomic E-state index is 0.0643. The average Bonchev–Trinajstić information content (AvgIpc) is 2.95. The lowest BCUT2D eigenvalue weighted by Gasteiger charge is -2.16. The smallest absolute Gasteiger partial charge is 0.139 e. The predicted molar refractivity (Wildman–Crippen MR) is 79.0 cm³/mol. The van der Waals surface area contributed by atoms with E-state index in [-0.39, 0.29) is 12.6 Å². The van der Waals surface area contributed by atoms with Crippen LogP contribution in [0.2, 0.25) is 0 Å². The normalized spacial score (nSPS) is 15.7. The van der Waals surface area contributed by atoms with Gasteiger partial charge >= 0.3 is 0 Å². The summed E-state index contributed by atoms with van der Waals surface area (Å²) >= 11 is 1.80. The Hall–Kier alpha value is -1.20. The molecule has 0 saturated heterocycles. The highest BCUT2D eigenvalue weighted by Crippen LogP contribution is 2.39. The number of anilines is 1. The quantitative estimate of drug-likeness (QED) is 0.902. The highest BCUT2D eigenvalue weighted by molar-refractivity contribution is 7.19. The summed E-state index contributed by atoms with van der Waals surface area (Å²) in [6.07, 6.45) is 4.42. The van der Waals surface area contributed by atoms with Gasteiger partial charge in [-0.05, 0) is 38.2 Å². The van der Waals surface area contributed by atoms with Gasteiger partial charge < -0.3 is 10.4 Å². The molecule has 2 N–H and O–H groups in total. The van der Waals surface area contributed by atoms with Gasteiger partial charge in [0.15, 0.2) is 0 Å². The number of rotatable bonds is 4. The number of aryl methyl sites for hydroxylation is 3. The van der Waals surface area contributed by atoms with Crippen LogP contribution in [0, 0.1) is 6.92 Å². The van der Waals surface area contributed by atoms with Crippen LogP contribution in [0.5, 0.6) is 0 Å². The summed E-state index contributed by atoms with van der Waals surface area (Å²) < 4.78 is 0. The number of nitrogens with zero attached hydrogens (tertiary/aromatic N) is 2. The van der Waals surface area contributed by atoms with Crippen molar-refractivity contribution in [2.45, 2.75) is 45.6 Å². The van der Waals surface area contributed by atoms with Crippen LogP contribution in [0.1, 0.15) is 36.0 Å². The van der Waals surface area contributed by atoms with Crippen LogP contribution in [0.25, 0.3) is 10.2 Å². The molecule has 0 aromatic carbocycles. The predicted octanol–water partition coefficient (Wildman–Crippen LogP) is 2.67. The largest absolute Gasteiger partial charge is 0.394 e. The Morgan fingerprint density at radius 1 is 1.37 bits per heavy atom. The first-order valence-corrected chi connectivity index (χ1v) is 7.70. The van der Waals surface area contributed by atoms with Crippen LogP contribution in [-0.4, -0.2) is 27.7 Å². The van der Waals surface area contributed by atoms with Gasteiger partial charge in [-0.2, -0.15) is 0 Å². The van der Waals surface area contributed by atoms with Crippen molar-refractivity contribution >= 4 is 27.4 Å². The second-order valence-electron chi connectivity index (χ2n) is 5.09. The van der Waals surface area contributed by atoms with Gasteiger partial charge in [-0.15, -0.1) is 11.3 Å². The Kier molecular flexibility index (Phi) is 3.41. The summed E-state index contributed by atoms with van der Waals surface area (Å²) in [5, 5.41) is 13.9. The number of nitrogens with one attached hydrogen (secondary N) is 1. The van der Waals surface area contributed by atoms with Crippen LogP contribution in [0.4, 0.5) is 5.82 Å². The lowest BCUT2D eigenvalue weighted by Crippen LogP contribution is -2.23. The van der Waals surface area contributed by atoms with E-state index in [2.05, 4.69) is 22.2 Å². The molecule has 1 aliphatic carbocycles. The Morgan fingerprint density at radius 2 is 2.21 bits per heavy atom. The summed E-state index contributed by atoms with van der Waals surface area (Å²) in [5.74, 6) is 1.70. The van der Waals surface area contributed by atoms with Crippen molar-refractivity contribution in [3.63, 3.8) is 0 Å². The molecule has 3 rings (SSSR count). The number of aromatic nitrogens is 2. The van der Waals surface area contributed by atoms with E-state index in [4.69, 9.17) is 0 Å². The number of hydrogen-bond acceptors (Lipinski definition) is 5. The van der Waals surface area contributed by atoms with Crippen LogP contribution in [0.15, 0.2) is 0 Å². The molecule has 5 heteroatoms. The molecular weight excluding hydrogens is 258 g/mol. The fourth-order valence-corrected chi connectivity index (χ4v) is 3.98. The Labute approximate surface area is 116 Å². The van der Waals surface area contributed by atoms with Crippen molar-refractivity contribution < 1.29 is 5.11 Å². The summed E-state index contributed by atoms with van der Waals surface area (Å²) in [4.78, 5) is 11.7. The van der Waals surface area contributed by atoms with Gasteiger partial charge in [-0.1, -0.05) is 6.92 Å². The summed E-state index contributed by atoms with van der Waals surface area (Å²) in [5.41, 5.74) is 1.43.